The van der Waals surface area contributed by atoms with E-state index in [2.05, 4.69) is 76.2 Å². The predicted molar refractivity (Wildman–Crippen MR) is 124 cm³/mol. The van der Waals surface area contributed by atoms with E-state index in [-0.39, 0.29) is 0 Å². The number of rotatable bonds is 5. The van der Waals surface area contributed by atoms with Crippen LogP contribution in [0, 0.1) is 27.7 Å². The molecule has 2 heteroatoms. The largest absolute Gasteiger partial charge is 0.457 e. The van der Waals surface area contributed by atoms with Gasteiger partial charge < -0.3 is 9.47 Å². The molecule has 2 nitrogen and oxygen atoms in total. The Balaban J connectivity index is 1.45. The minimum Gasteiger partial charge on any atom is -0.457 e. The highest BCUT2D eigenvalue weighted by molar-refractivity contribution is 5.65. The Morgan fingerprint density at radius 2 is 1.00 bits per heavy atom. The fraction of sp³-hybridized carbons (Fsp3) is 0.143. The third-order valence-corrected chi connectivity index (χ3v) is 5.31. The summed E-state index contributed by atoms with van der Waals surface area (Å²) in [4.78, 5) is 0. The van der Waals surface area contributed by atoms with Crippen LogP contribution in [0.3, 0.4) is 0 Å². The first-order valence-corrected chi connectivity index (χ1v) is 10.2. The van der Waals surface area contributed by atoms with Crippen molar-refractivity contribution in [2.24, 2.45) is 0 Å². The highest BCUT2D eigenvalue weighted by atomic mass is 16.5. The lowest BCUT2D eigenvalue weighted by Crippen LogP contribution is -1.89. The minimum absolute atomic E-state index is 0.830. The molecule has 0 aliphatic carbocycles. The molecule has 0 saturated heterocycles. The first-order valence-electron chi connectivity index (χ1n) is 10.2. The highest BCUT2D eigenvalue weighted by Gasteiger charge is 2.05. The molecule has 0 saturated carbocycles. The second-order valence-electron chi connectivity index (χ2n) is 7.77. The van der Waals surface area contributed by atoms with E-state index < -0.39 is 0 Å². The van der Waals surface area contributed by atoms with Crippen LogP contribution in [0.5, 0.6) is 23.0 Å². The second kappa shape index (κ2) is 8.46. The Hall–Kier alpha value is -3.52. The van der Waals surface area contributed by atoms with Gasteiger partial charge in [-0.05, 0) is 98.0 Å². The van der Waals surface area contributed by atoms with Crippen LogP contribution >= 0.6 is 0 Å². The number of ether oxygens (including phenoxy) is 2. The van der Waals surface area contributed by atoms with E-state index in [0.717, 1.165) is 39.7 Å². The van der Waals surface area contributed by atoms with Gasteiger partial charge in [-0.1, -0.05) is 48.0 Å². The van der Waals surface area contributed by atoms with Crippen molar-refractivity contribution in [2.75, 3.05) is 0 Å². The van der Waals surface area contributed by atoms with Gasteiger partial charge in [0, 0.05) is 0 Å². The van der Waals surface area contributed by atoms with E-state index in [1.54, 1.807) is 0 Å². The van der Waals surface area contributed by atoms with Gasteiger partial charge in [0.25, 0.3) is 0 Å². The summed E-state index contributed by atoms with van der Waals surface area (Å²) in [5, 5.41) is 0. The van der Waals surface area contributed by atoms with Crippen molar-refractivity contribution in [3.05, 3.63) is 107 Å². The van der Waals surface area contributed by atoms with Crippen molar-refractivity contribution in [3.8, 4) is 34.1 Å². The van der Waals surface area contributed by atoms with Crippen LogP contribution in [0.1, 0.15) is 22.3 Å². The molecule has 0 bridgehead atoms. The molecular weight excluding hydrogens is 368 g/mol. The Bertz CT molecular complexity index is 1160. The molecular formula is C28H26O2. The minimum atomic E-state index is 0.830. The second-order valence-corrected chi connectivity index (χ2v) is 7.77. The van der Waals surface area contributed by atoms with Gasteiger partial charge in [0.05, 0.1) is 0 Å². The molecule has 0 radical (unpaired) electrons. The van der Waals surface area contributed by atoms with Crippen molar-refractivity contribution >= 4 is 0 Å². The molecule has 0 aliphatic heterocycles. The normalized spacial score (nSPS) is 10.7. The van der Waals surface area contributed by atoms with Crippen molar-refractivity contribution in [1.82, 2.24) is 0 Å². The number of hydrogen-bond donors (Lipinski definition) is 0. The SMILES string of the molecule is Cc1ccc(Oc2ccc(-c3ccc(Oc4ccc(C)c(C)c4)cc3)cc2)c(C)c1. The van der Waals surface area contributed by atoms with Crippen LogP contribution in [0.25, 0.3) is 11.1 Å². The van der Waals surface area contributed by atoms with Crippen LogP contribution in [0.2, 0.25) is 0 Å². The van der Waals surface area contributed by atoms with Gasteiger partial charge in [-0.3, -0.25) is 0 Å². The van der Waals surface area contributed by atoms with Crippen molar-refractivity contribution in [1.29, 1.82) is 0 Å². The summed E-state index contributed by atoms with van der Waals surface area (Å²) in [6.45, 7) is 8.35. The van der Waals surface area contributed by atoms with Crippen LogP contribution < -0.4 is 9.47 Å². The molecule has 150 valence electrons. The number of aryl methyl sites for hydroxylation is 4. The van der Waals surface area contributed by atoms with Gasteiger partial charge in [0.2, 0.25) is 0 Å². The molecule has 30 heavy (non-hydrogen) atoms. The first-order chi connectivity index (χ1) is 14.5. The van der Waals surface area contributed by atoms with Crippen molar-refractivity contribution in [3.63, 3.8) is 0 Å². The lowest BCUT2D eigenvalue weighted by Gasteiger charge is -2.11. The zero-order valence-corrected chi connectivity index (χ0v) is 17.9. The summed E-state index contributed by atoms with van der Waals surface area (Å²) >= 11 is 0. The Kier molecular flexibility index (Phi) is 5.58. The molecule has 0 atom stereocenters. The van der Waals surface area contributed by atoms with Crippen LogP contribution in [-0.2, 0) is 0 Å². The van der Waals surface area contributed by atoms with Crippen molar-refractivity contribution in [2.45, 2.75) is 27.7 Å². The average Bonchev–Trinajstić information content (AvgIpc) is 2.74. The highest BCUT2D eigenvalue weighted by Crippen LogP contribution is 2.30. The van der Waals surface area contributed by atoms with Gasteiger partial charge in [-0.25, -0.2) is 0 Å². The third kappa shape index (κ3) is 4.55. The van der Waals surface area contributed by atoms with Crippen LogP contribution in [-0.4, -0.2) is 0 Å². The molecule has 0 unspecified atom stereocenters. The smallest absolute Gasteiger partial charge is 0.130 e. The van der Waals surface area contributed by atoms with Gasteiger partial charge in [-0.15, -0.1) is 0 Å². The summed E-state index contributed by atoms with van der Waals surface area (Å²) in [6, 6.07) is 28.7. The van der Waals surface area contributed by atoms with E-state index >= 15 is 0 Å². The monoisotopic (exact) mass is 394 g/mol. The maximum atomic E-state index is 6.04. The maximum absolute atomic E-state index is 6.04. The van der Waals surface area contributed by atoms with Gasteiger partial charge in [0.1, 0.15) is 23.0 Å². The molecule has 0 heterocycles. The van der Waals surface area contributed by atoms with Gasteiger partial charge >= 0.3 is 0 Å². The first kappa shape index (κ1) is 19.8. The number of benzene rings is 4. The van der Waals surface area contributed by atoms with Gasteiger partial charge in [0.15, 0.2) is 0 Å². The lowest BCUT2D eigenvalue weighted by molar-refractivity contribution is 0.479. The molecule has 0 N–H and O–H groups in total. The van der Waals surface area contributed by atoms with E-state index in [1.165, 1.54) is 16.7 Å². The zero-order valence-electron chi connectivity index (χ0n) is 17.9. The molecule has 0 aromatic heterocycles. The average molecular weight is 395 g/mol. The predicted octanol–water partition coefficient (Wildman–Crippen LogP) is 8.17. The fourth-order valence-corrected chi connectivity index (χ4v) is 3.39. The molecule has 0 amide bonds. The summed E-state index contributed by atoms with van der Waals surface area (Å²) in [5.74, 6) is 3.41. The summed E-state index contributed by atoms with van der Waals surface area (Å²) < 4.78 is 12.0. The molecule has 0 spiro atoms. The Morgan fingerprint density at radius 3 is 1.57 bits per heavy atom. The zero-order chi connectivity index (χ0) is 21.1. The molecule has 4 rings (SSSR count). The maximum Gasteiger partial charge on any atom is 0.130 e. The van der Waals surface area contributed by atoms with Gasteiger partial charge in [-0.2, -0.15) is 0 Å². The quantitative estimate of drug-likeness (QED) is 0.340. The van der Waals surface area contributed by atoms with Crippen LogP contribution in [0.15, 0.2) is 84.9 Å². The summed E-state index contributed by atoms with van der Waals surface area (Å²) in [5.41, 5.74) is 7.15. The van der Waals surface area contributed by atoms with Crippen LogP contribution in [0.4, 0.5) is 0 Å². The van der Waals surface area contributed by atoms with E-state index in [4.69, 9.17) is 9.47 Å². The number of hydrogen-bond acceptors (Lipinski definition) is 2. The van der Waals surface area contributed by atoms with E-state index in [0.29, 0.717) is 0 Å². The third-order valence-electron chi connectivity index (χ3n) is 5.31. The van der Waals surface area contributed by atoms with Crippen molar-refractivity contribution < 1.29 is 9.47 Å². The molecule has 0 fully saturated rings. The molecule has 0 aliphatic rings. The van der Waals surface area contributed by atoms with E-state index in [1.807, 2.05) is 36.4 Å². The Morgan fingerprint density at radius 1 is 0.433 bits per heavy atom. The fourth-order valence-electron chi connectivity index (χ4n) is 3.39. The Labute approximate surface area is 178 Å². The lowest BCUT2D eigenvalue weighted by atomic mass is 10.1. The standard InChI is InChI=1S/C28H26O2/c1-19-5-16-28(22(4)17-19)30-26-14-9-24(10-15-26)23-7-12-25(13-8-23)29-27-11-6-20(2)21(3)18-27/h5-18H,1-4H3. The molecule has 4 aromatic carbocycles. The molecule has 4 aromatic rings. The topological polar surface area (TPSA) is 18.5 Å². The summed E-state index contributed by atoms with van der Waals surface area (Å²) in [7, 11) is 0. The summed E-state index contributed by atoms with van der Waals surface area (Å²) in [6.07, 6.45) is 0. The van der Waals surface area contributed by atoms with E-state index in [9.17, 15) is 0 Å².